The number of carbonyl (C=O) groups excluding carboxylic acids is 2. The van der Waals surface area contributed by atoms with Crippen LogP contribution in [0.2, 0.25) is 0 Å². The van der Waals surface area contributed by atoms with Gasteiger partial charge < -0.3 is 18.8 Å². The summed E-state index contributed by atoms with van der Waals surface area (Å²) < 4.78 is 16.7. The molecule has 0 bridgehead atoms. The molecule has 0 radical (unpaired) electrons. The number of ketones is 1. The average molecular weight is 466 g/mol. The second-order valence-electron chi connectivity index (χ2n) is 8.84. The lowest BCUT2D eigenvalue weighted by Crippen LogP contribution is -2.28. The van der Waals surface area contributed by atoms with Crippen LogP contribution in [0.4, 0.5) is 0 Å². The third-order valence-electron chi connectivity index (χ3n) is 6.09. The molecule has 34 heavy (non-hydrogen) atoms. The van der Waals surface area contributed by atoms with Gasteiger partial charge in [-0.15, -0.1) is 0 Å². The molecule has 0 aliphatic carbocycles. The number of rotatable bonds is 12. The normalized spacial score (nSPS) is 11.4. The van der Waals surface area contributed by atoms with Crippen LogP contribution >= 0.6 is 0 Å². The van der Waals surface area contributed by atoms with Crippen LogP contribution in [0, 0.1) is 0 Å². The Hall–Kier alpha value is -3.12. The number of nitrogens with zero attached hydrogens (tertiary/aromatic N) is 1. The zero-order chi connectivity index (χ0) is 24.7. The van der Waals surface area contributed by atoms with Crippen LogP contribution in [-0.2, 0) is 11.2 Å². The summed E-state index contributed by atoms with van der Waals surface area (Å²) in [4.78, 5) is 27.9. The van der Waals surface area contributed by atoms with E-state index < -0.39 is 5.97 Å². The zero-order valence-electron chi connectivity index (χ0n) is 20.8. The predicted molar refractivity (Wildman–Crippen MR) is 134 cm³/mol. The molecular weight excluding hydrogens is 430 g/mol. The first-order chi connectivity index (χ1) is 16.3. The first kappa shape index (κ1) is 25.5. The van der Waals surface area contributed by atoms with E-state index in [1.54, 1.807) is 30.3 Å². The molecule has 3 aromatic rings. The fourth-order valence-electron chi connectivity index (χ4n) is 3.76. The third-order valence-corrected chi connectivity index (χ3v) is 6.09. The fourth-order valence-corrected chi connectivity index (χ4v) is 3.76. The zero-order valence-corrected chi connectivity index (χ0v) is 20.8. The second-order valence-corrected chi connectivity index (χ2v) is 8.84. The van der Waals surface area contributed by atoms with Crippen molar-refractivity contribution in [2.24, 2.45) is 0 Å². The van der Waals surface area contributed by atoms with Crippen molar-refractivity contribution in [3.8, 4) is 5.75 Å². The van der Waals surface area contributed by atoms with Crippen LogP contribution in [0.25, 0.3) is 11.0 Å². The van der Waals surface area contributed by atoms with E-state index in [1.165, 1.54) is 7.11 Å². The third kappa shape index (κ3) is 6.06. The molecule has 182 valence electrons. The van der Waals surface area contributed by atoms with Gasteiger partial charge in [0.2, 0.25) is 0 Å². The molecule has 0 atom stereocenters. The Morgan fingerprint density at radius 2 is 1.74 bits per heavy atom. The summed E-state index contributed by atoms with van der Waals surface area (Å²) in [6.45, 7) is 8.02. The molecule has 0 N–H and O–H groups in total. The molecule has 0 unspecified atom stereocenters. The van der Waals surface area contributed by atoms with E-state index in [9.17, 15) is 9.59 Å². The smallest absolute Gasteiger partial charge is 0.337 e. The molecule has 0 amide bonds. The molecule has 2 aromatic carbocycles. The Kier molecular flexibility index (Phi) is 8.88. The minimum Gasteiger partial charge on any atom is -0.494 e. The van der Waals surface area contributed by atoms with Gasteiger partial charge in [0.05, 0.1) is 24.8 Å². The van der Waals surface area contributed by atoms with E-state index >= 15 is 0 Å². The van der Waals surface area contributed by atoms with Crippen molar-refractivity contribution in [1.29, 1.82) is 0 Å². The van der Waals surface area contributed by atoms with Crippen LogP contribution in [-0.4, -0.2) is 50.0 Å². The first-order valence-corrected chi connectivity index (χ1v) is 12.0. The molecule has 3 rings (SSSR count). The topological polar surface area (TPSA) is 69.0 Å². The number of hydrogen-bond acceptors (Lipinski definition) is 6. The van der Waals surface area contributed by atoms with E-state index in [0.29, 0.717) is 52.5 Å². The van der Waals surface area contributed by atoms with Crippen LogP contribution in [0.1, 0.15) is 72.1 Å². The van der Waals surface area contributed by atoms with E-state index in [2.05, 4.69) is 32.7 Å². The van der Waals surface area contributed by atoms with Gasteiger partial charge >= 0.3 is 5.97 Å². The Labute approximate surface area is 201 Å². The lowest BCUT2D eigenvalue weighted by molar-refractivity contribution is 0.0600. The van der Waals surface area contributed by atoms with Crippen molar-refractivity contribution in [2.75, 3.05) is 27.3 Å². The molecular formula is C28H35NO5. The van der Waals surface area contributed by atoms with Crippen LogP contribution < -0.4 is 4.74 Å². The molecule has 1 heterocycles. The van der Waals surface area contributed by atoms with Crippen molar-refractivity contribution in [3.63, 3.8) is 0 Å². The van der Waals surface area contributed by atoms with Gasteiger partial charge in [0.1, 0.15) is 17.1 Å². The monoisotopic (exact) mass is 465 g/mol. The van der Waals surface area contributed by atoms with Gasteiger partial charge in [0, 0.05) is 30.0 Å². The number of unbranched alkanes of at least 4 members (excludes halogenated alkanes) is 1. The van der Waals surface area contributed by atoms with Gasteiger partial charge in [-0.05, 0) is 76.2 Å². The maximum Gasteiger partial charge on any atom is 0.337 e. The van der Waals surface area contributed by atoms with Gasteiger partial charge in [0.15, 0.2) is 5.78 Å². The van der Waals surface area contributed by atoms with Gasteiger partial charge in [0.25, 0.3) is 0 Å². The highest BCUT2D eigenvalue weighted by molar-refractivity contribution is 6.17. The molecule has 0 spiro atoms. The number of esters is 1. The standard InChI is InChI=1S/C28H35NO5/c1-6-7-9-25-26(23-18-21(28(31)32-5)12-15-24(23)34-25)27(30)20-10-13-22(14-11-20)33-17-8-16-29(4)19(2)3/h10-15,18-19H,6-9,16-17H2,1-5H3. The maximum atomic E-state index is 13.5. The Balaban J connectivity index is 1.81. The number of furan rings is 1. The molecule has 1 aromatic heterocycles. The molecule has 0 aliphatic heterocycles. The maximum absolute atomic E-state index is 13.5. The van der Waals surface area contributed by atoms with Gasteiger partial charge in [-0.1, -0.05) is 13.3 Å². The highest BCUT2D eigenvalue weighted by atomic mass is 16.5. The predicted octanol–water partition coefficient (Wildman–Crippen LogP) is 5.90. The van der Waals surface area contributed by atoms with Crippen molar-refractivity contribution in [3.05, 3.63) is 64.9 Å². The summed E-state index contributed by atoms with van der Waals surface area (Å²) in [6, 6.07) is 12.8. The fraction of sp³-hybridized carbons (Fsp3) is 0.429. The molecule has 0 saturated heterocycles. The highest BCUT2D eigenvalue weighted by Crippen LogP contribution is 2.31. The Morgan fingerprint density at radius 1 is 1.03 bits per heavy atom. The molecule has 0 aliphatic rings. The Bertz CT molecular complexity index is 1110. The molecule has 0 fully saturated rings. The van der Waals surface area contributed by atoms with Crippen LogP contribution in [0.3, 0.4) is 0 Å². The molecule has 6 heteroatoms. The molecule has 0 saturated carbocycles. The summed E-state index contributed by atoms with van der Waals surface area (Å²) in [5.74, 6) is 0.813. The van der Waals surface area contributed by atoms with Crippen molar-refractivity contribution < 1.29 is 23.5 Å². The number of carbonyl (C=O) groups is 2. The highest BCUT2D eigenvalue weighted by Gasteiger charge is 2.23. The first-order valence-electron chi connectivity index (χ1n) is 12.0. The van der Waals surface area contributed by atoms with Crippen molar-refractivity contribution in [2.45, 2.75) is 52.5 Å². The summed E-state index contributed by atoms with van der Waals surface area (Å²) in [6.07, 6.45) is 3.48. The number of ether oxygens (including phenoxy) is 2. The van der Waals surface area contributed by atoms with E-state index in [4.69, 9.17) is 13.9 Å². The number of benzene rings is 2. The second kappa shape index (κ2) is 11.8. The SMILES string of the molecule is CCCCc1oc2ccc(C(=O)OC)cc2c1C(=O)c1ccc(OCCCN(C)C(C)C)cc1. The summed E-state index contributed by atoms with van der Waals surface area (Å²) in [5, 5.41) is 0.633. The average Bonchev–Trinajstić information content (AvgIpc) is 3.21. The minimum atomic E-state index is -0.447. The number of methoxy groups -OCH3 is 1. The number of fused-ring (bicyclic) bond motifs is 1. The van der Waals surface area contributed by atoms with Crippen molar-refractivity contribution >= 4 is 22.7 Å². The largest absolute Gasteiger partial charge is 0.494 e. The van der Waals surface area contributed by atoms with Crippen LogP contribution in [0.5, 0.6) is 5.75 Å². The van der Waals surface area contributed by atoms with Crippen molar-refractivity contribution in [1.82, 2.24) is 4.90 Å². The van der Waals surface area contributed by atoms with E-state index in [0.717, 1.165) is 31.6 Å². The number of hydrogen-bond donors (Lipinski definition) is 0. The minimum absolute atomic E-state index is 0.128. The van der Waals surface area contributed by atoms with Gasteiger partial charge in [-0.3, -0.25) is 4.79 Å². The van der Waals surface area contributed by atoms with Crippen LogP contribution in [0.15, 0.2) is 46.9 Å². The lowest BCUT2D eigenvalue weighted by atomic mass is 9.97. The van der Waals surface area contributed by atoms with Gasteiger partial charge in [-0.25, -0.2) is 4.79 Å². The summed E-state index contributed by atoms with van der Waals surface area (Å²) in [5.41, 5.74) is 2.04. The quantitative estimate of drug-likeness (QED) is 0.188. The summed E-state index contributed by atoms with van der Waals surface area (Å²) in [7, 11) is 3.44. The summed E-state index contributed by atoms with van der Waals surface area (Å²) >= 11 is 0. The number of aryl methyl sites for hydroxylation is 1. The lowest BCUT2D eigenvalue weighted by Gasteiger charge is -2.20. The Morgan fingerprint density at radius 3 is 2.38 bits per heavy atom. The molecule has 6 nitrogen and oxygen atoms in total. The van der Waals surface area contributed by atoms with E-state index in [-0.39, 0.29) is 5.78 Å². The van der Waals surface area contributed by atoms with E-state index in [1.807, 2.05) is 12.1 Å². The van der Waals surface area contributed by atoms with Gasteiger partial charge in [-0.2, -0.15) is 0 Å².